The van der Waals surface area contributed by atoms with Crippen molar-refractivity contribution in [1.29, 1.82) is 0 Å². The van der Waals surface area contributed by atoms with E-state index < -0.39 is 10.0 Å². The van der Waals surface area contributed by atoms with Crippen molar-refractivity contribution in [2.75, 3.05) is 12.3 Å². The first kappa shape index (κ1) is 17.7. The number of nitrogens with one attached hydrogen (secondary N) is 1. The Labute approximate surface area is 151 Å². The molecule has 0 bridgehead atoms. The van der Waals surface area contributed by atoms with Gasteiger partial charge < -0.3 is 10.2 Å². The van der Waals surface area contributed by atoms with E-state index in [0.717, 1.165) is 5.56 Å². The van der Waals surface area contributed by atoms with Crippen LogP contribution in [0.1, 0.15) is 24.9 Å². The van der Waals surface area contributed by atoms with Gasteiger partial charge in [-0.1, -0.05) is 30.7 Å². The van der Waals surface area contributed by atoms with Crippen molar-refractivity contribution in [3.05, 3.63) is 58.8 Å². The maximum atomic E-state index is 12.7. The Morgan fingerprint density at radius 3 is 2.76 bits per heavy atom. The van der Waals surface area contributed by atoms with Gasteiger partial charge in [0.05, 0.1) is 17.4 Å². The molecule has 2 aliphatic heterocycles. The van der Waals surface area contributed by atoms with E-state index in [1.54, 1.807) is 35.4 Å². The second-order valence-corrected chi connectivity index (χ2v) is 7.99. The highest BCUT2D eigenvalue weighted by Crippen LogP contribution is 2.22. The van der Waals surface area contributed by atoms with Crippen LogP contribution in [0.4, 0.5) is 0 Å². The second-order valence-electron chi connectivity index (χ2n) is 5.80. The van der Waals surface area contributed by atoms with E-state index in [4.69, 9.17) is 11.6 Å². The quantitative estimate of drug-likeness (QED) is 0.871. The van der Waals surface area contributed by atoms with Gasteiger partial charge in [-0.2, -0.15) is 0 Å². The number of amides is 1. The van der Waals surface area contributed by atoms with E-state index >= 15 is 0 Å². The zero-order valence-corrected chi connectivity index (χ0v) is 15.2. The zero-order valence-electron chi connectivity index (χ0n) is 13.6. The van der Waals surface area contributed by atoms with E-state index in [2.05, 4.69) is 9.71 Å². The van der Waals surface area contributed by atoms with Gasteiger partial charge in [-0.25, -0.2) is 8.42 Å². The molecule has 1 aromatic carbocycles. The lowest BCUT2D eigenvalue weighted by molar-refractivity contribution is -0.117. The lowest BCUT2D eigenvalue weighted by atomic mass is 10.0. The molecule has 0 aromatic heterocycles. The van der Waals surface area contributed by atoms with Gasteiger partial charge in [0.1, 0.15) is 0 Å². The van der Waals surface area contributed by atoms with Gasteiger partial charge in [0.2, 0.25) is 0 Å². The number of carbonyl (C=O) groups is 1. The topological polar surface area (TPSA) is 78.8 Å². The van der Waals surface area contributed by atoms with E-state index in [1.165, 1.54) is 0 Å². The smallest absolute Gasteiger partial charge is 0.256 e. The second kappa shape index (κ2) is 7.01. The molecule has 2 aliphatic rings. The van der Waals surface area contributed by atoms with Crippen molar-refractivity contribution in [2.24, 2.45) is 4.40 Å². The third-order valence-corrected chi connectivity index (χ3v) is 5.49. The molecule has 1 atom stereocenters. The van der Waals surface area contributed by atoms with E-state index in [1.807, 2.05) is 19.1 Å². The number of hydrogen-bond donors (Lipinski definition) is 1. The Morgan fingerprint density at radius 2 is 2.08 bits per heavy atom. The van der Waals surface area contributed by atoms with Gasteiger partial charge in [0, 0.05) is 17.8 Å². The number of nitrogens with zero attached hydrogens (tertiary/aromatic N) is 2. The zero-order chi connectivity index (χ0) is 18.0. The SMILES string of the molecule is CCC(NC(=O)C1=CC=CN2CCS(=O)(=O)N=C12)c1ccc(Cl)cc1. The third-order valence-electron chi connectivity index (χ3n) is 4.09. The summed E-state index contributed by atoms with van der Waals surface area (Å²) in [6.45, 7) is 2.25. The number of sulfonamides is 1. The normalized spacial score (nSPS) is 19.5. The fraction of sp³-hybridized carbons (Fsp3) is 0.294. The molecular weight excluding hydrogens is 362 g/mol. The van der Waals surface area contributed by atoms with Crippen LogP contribution < -0.4 is 5.32 Å². The summed E-state index contributed by atoms with van der Waals surface area (Å²) in [5.74, 6) is -0.234. The monoisotopic (exact) mass is 379 g/mol. The highest BCUT2D eigenvalue weighted by atomic mass is 35.5. The molecule has 1 aromatic rings. The first-order valence-corrected chi connectivity index (χ1v) is 9.93. The van der Waals surface area contributed by atoms with Crippen LogP contribution in [0.5, 0.6) is 0 Å². The molecule has 0 aliphatic carbocycles. The van der Waals surface area contributed by atoms with Crippen molar-refractivity contribution < 1.29 is 13.2 Å². The van der Waals surface area contributed by atoms with Crippen LogP contribution in [0.25, 0.3) is 0 Å². The van der Waals surface area contributed by atoms with Gasteiger partial charge in [-0.15, -0.1) is 4.40 Å². The van der Waals surface area contributed by atoms with E-state index in [0.29, 0.717) is 11.4 Å². The van der Waals surface area contributed by atoms with Crippen LogP contribution in [0.2, 0.25) is 5.02 Å². The highest BCUT2D eigenvalue weighted by Gasteiger charge is 2.30. The van der Waals surface area contributed by atoms with Crippen molar-refractivity contribution >= 4 is 33.4 Å². The molecule has 0 saturated carbocycles. The summed E-state index contributed by atoms with van der Waals surface area (Å²) < 4.78 is 27.4. The maximum Gasteiger partial charge on any atom is 0.256 e. The number of rotatable bonds is 4. The molecule has 25 heavy (non-hydrogen) atoms. The first-order valence-electron chi connectivity index (χ1n) is 7.94. The number of amidine groups is 1. The Kier molecular flexibility index (Phi) is 4.96. The summed E-state index contributed by atoms with van der Waals surface area (Å²) in [6, 6.07) is 7.06. The summed E-state index contributed by atoms with van der Waals surface area (Å²) in [5.41, 5.74) is 1.18. The fourth-order valence-electron chi connectivity index (χ4n) is 2.75. The Morgan fingerprint density at radius 1 is 1.36 bits per heavy atom. The first-order chi connectivity index (χ1) is 11.9. The lowest BCUT2D eigenvalue weighted by Crippen LogP contribution is -2.42. The van der Waals surface area contributed by atoms with Crippen molar-refractivity contribution in [2.45, 2.75) is 19.4 Å². The Bertz CT molecular complexity index is 873. The molecule has 1 unspecified atom stereocenters. The molecule has 0 fully saturated rings. The molecule has 8 heteroatoms. The maximum absolute atomic E-state index is 12.7. The minimum atomic E-state index is -3.53. The van der Waals surface area contributed by atoms with Crippen molar-refractivity contribution in [1.82, 2.24) is 10.2 Å². The van der Waals surface area contributed by atoms with Crippen LogP contribution in [0.15, 0.2) is 52.6 Å². The average molecular weight is 380 g/mol. The molecule has 0 saturated heterocycles. The number of allylic oxidation sites excluding steroid dienone is 2. The number of benzene rings is 1. The molecular formula is C17H18ClN3O3S. The number of carbonyl (C=O) groups excluding carboxylic acids is 1. The van der Waals surface area contributed by atoms with Crippen LogP contribution >= 0.6 is 11.6 Å². The minimum absolute atomic E-state index is 0.0574. The van der Waals surface area contributed by atoms with E-state index in [-0.39, 0.29) is 35.7 Å². The summed E-state index contributed by atoms with van der Waals surface area (Å²) in [4.78, 5) is 14.4. The van der Waals surface area contributed by atoms with Gasteiger partial charge in [0.25, 0.3) is 15.9 Å². The predicted octanol–water partition coefficient (Wildman–Crippen LogP) is 2.40. The molecule has 1 N–H and O–H groups in total. The van der Waals surface area contributed by atoms with Gasteiger partial charge in [0.15, 0.2) is 5.84 Å². The van der Waals surface area contributed by atoms with Crippen LogP contribution in [-0.4, -0.2) is 37.4 Å². The molecule has 0 spiro atoms. The highest BCUT2D eigenvalue weighted by molar-refractivity contribution is 7.90. The third kappa shape index (κ3) is 3.93. The number of halogens is 1. The number of fused-ring (bicyclic) bond motifs is 1. The summed E-state index contributed by atoms with van der Waals surface area (Å²) in [7, 11) is -3.53. The molecule has 2 heterocycles. The predicted molar refractivity (Wildman–Crippen MR) is 97.8 cm³/mol. The van der Waals surface area contributed by atoms with Crippen molar-refractivity contribution in [3.63, 3.8) is 0 Å². The molecule has 0 radical (unpaired) electrons. The van der Waals surface area contributed by atoms with Crippen LogP contribution in [0, 0.1) is 0 Å². The van der Waals surface area contributed by atoms with Gasteiger partial charge >= 0.3 is 0 Å². The molecule has 132 valence electrons. The lowest BCUT2D eigenvalue weighted by Gasteiger charge is -2.29. The van der Waals surface area contributed by atoms with Gasteiger partial charge in [-0.3, -0.25) is 4.79 Å². The molecule has 3 rings (SSSR count). The van der Waals surface area contributed by atoms with Crippen molar-refractivity contribution in [3.8, 4) is 0 Å². The number of hydrogen-bond acceptors (Lipinski definition) is 4. The molecule has 6 nitrogen and oxygen atoms in total. The van der Waals surface area contributed by atoms with Crippen LogP contribution in [-0.2, 0) is 14.8 Å². The largest absolute Gasteiger partial charge is 0.345 e. The summed E-state index contributed by atoms with van der Waals surface area (Å²) in [5, 5.41) is 3.57. The van der Waals surface area contributed by atoms with Gasteiger partial charge in [-0.05, 0) is 36.3 Å². The Balaban J connectivity index is 1.84. The average Bonchev–Trinajstić information content (AvgIpc) is 2.59. The minimum Gasteiger partial charge on any atom is -0.345 e. The van der Waals surface area contributed by atoms with Crippen LogP contribution in [0.3, 0.4) is 0 Å². The summed E-state index contributed by atoms with van der Waals surface area (Å²) in [6.07, 6.45) is 5.71. The fourth-order valence-corrected chi connectivity index (χ4v) is 3.86. The molecule has 1 amide bonds. The summed E-state index contributed by atoms with van der Waals surface area (Å²) >= 11 is 5.91. The Hall–Kier alpha value is -2.12. The van der Waals surface area contributed by atoms with E-state index in [9.17, 15) is 13.2 Å². The standard InChI is InChI=1S/C17H18ClN3O3S/c1-2-15(12-5-7-13(18)8-6-12)19-17(22)14-4-3-9-21-10-11-25(23,24)20-16(14)21/h3-9,15H,2,10-11H2,1H3,(H,19,22).